The number of hydrogen-bond acceptors (Lipinski definition) is 3. The van der Waals surface area contributed by atoms with Crippen LogP contribution in [0, 0.1) is 11.8 Å². The zero-order valence-electron chi connectivity index (χ0n) is 13.1. The molecular weight excluding hydrogens is 284 g/mol. The third kappa shape index (κ3) is 5.95. The van der Waals surface area contributed by atoms with Gasteiger partial charge in [0.1, 0.15) is 6.54 Å². The molecule has 0 bridgehead atoms. The van der Waals surface area contributed by atoms with E-state index >= 15 is 0 Å². The molecule has 1 rings (SSSR count). The minimum Gasteiger partial charge on any atom is -0.480 e. The van der Waals surface area contributed by atoms with Crippen LogP contribution in [0.5, 0.6) is 0 Å². The van der Waals surface area contributed by atoms with Gasteiger partial charge in [0.05, 0.1) is 0 Å². The Kier molecular flexibility index (Phi) is 6.56. The maximum Gasteiger partial charge on any atom is 0.322 e. The van der Waals surface area contributed by atoms with Crippen molar-refractivity contribution in [3.63, 3.8) is 0 Å². The minimum atomic E-state index is -1.10. The number of carbonyl (C=O) groups is 3. The van der Waals surface area contributed by atoms with Crippen LogP contribution in [0.1, 0.15) is 37.6 Å². The lowest BCUT2D eigenvalue weighted by molar-refractivity contribution is -0.135. The molecule has 2 amide bonds. The van der Waals surface area contributed by atoms with E-state index in [1.54, 1.807) is 24.3 Å². The molecule has 0 fully saturated rings. The first-order valence-corrected chi connectivity index (χ1v) is 7.19. The van der Waals surface area contributed by atoms with Gasteiger partial charge in [-0.3, -0.25) is 14.4 Å². The van der Waals surface area contributed by atoms with Crippen molar-refractivity contribution in [3.8, 4) is 0 Å². The Hall–Kier alpha value is -2.37. The summed E-state index contributed by atoms with van der Waals surface area (Å²) < 4.78 is 0. The van der Waals surface area contributed by atoms with E-state index in [9.17, 15) is 14.4 Å². The van der Waals surface area contributed by atoms with Crippen molar-refractivity contribution < 1.29 is 19.5 Å². The molecule has 6 nitrogen and oxygen atoms in total. The van der Waals surface area contributed by atoms with Crippen molar-refractivity contribution in [2.45, 2.75) is 27.2 Å². The quantitative estimate of drug-likeness (QED) is 0.719. The molecule has 0 saturated heterocycles. The molecule has 0 aromatic heterocycles. The van der Waals surface area contributed by atoms with Gasteiger partial charge in [-0.1, -0.05) is 20.8 Å². The standard InChI is InChI=1S/C16H22N2O4/c1-10(2)11(3)8-14(19)18-13-6-4-12(5-7-13)16(22)17-9-15(20)21/h4-7,10-11H,8-9H2,1-3H3,(H,17,22)(H,18,19)(H,20,21). The van der Waals surface area contributed by atoms with Crippen LogP contribution in [0.25, 0.3) is 0 Å². The Balaban J connectivity index is 2.56. The van der Waals surface area contributed by atoms with E-state index in [1.165, 1.54) is 0 Å². The number of carboxylic acid groups (broad SMARTS) is 1. The number of aliphatic carboxylic acids is 1. The number of rotatable bonds is 7. The second-order valence-corrected chi connectivity index (χ2v) is 5.63. The number of anilines is 1. The molecule has 0 saturated carbocycles. The molecule has 6 heteroatoms. The Morgan fingerprint density at radius 2 is 1.68 bits per heavy atom. The average Bonchev–Trinajstić information content (AvgIpc) is 2.45. The van der Waals surface area contributed by atoms with Gasteiger partial charge in [-0.05, 0) is 36.1 Å². The first-order chi connectivity index (χ1) is 10.3. The van der Waals surface area contributed by atoms with Gasteiger partial charge in [-0.2, -0.15) is 0 Å². The zero-order valence-corrected chi connectivity index (χ0v) is 13.1. The average molecular weight is 306 g/mol. The second kappa shape index (κ2) is 8.17. The van der Waals surface area contributed by atoms with Crippen molar-refractivity contribution in [2.24, 2.45) is 11.8 Å². The normalized spacial score (nSPS) is 11.8. The molecule has 0 spiro atoms. The summed E-state index contributed by atoms with van der Waals surface area (Å²) in [5.41, 5.74) is 0.950. The molecular formula is C16H22N2O4. The highest BCUT2D eigenvalue weighted by atomic mass is 16.4. The Morgan fingerprint density at radius 3 is 2.18 bits per heavy atom. The molecule has 3 N–H and O–H groups in total. The molecule has 0 aliphatic rings. The van der Waals surface area contributed by atoms with Gasteiger partial charge >= 0.3 is 5.97 Å². The molecule has 1 aromatic rings. The van der Waals surface area contributed by atoms with Gasteiger partial charge in [0.25, 0.3) is 5.91 Å². The number of nitrogens with one attached hydrogen (secondary N) is 2. The number of hydrogen-bond donors (Lipinski definition) is 3. The van der Waals surface area contributed by atoms with Crippen LogP contribution >= 0.6 is 0 Å². The molecule has 0 radical (unpaired) electrons. The first-order valence-electron chi connectivity index (χ1n) is 7.19. The predicted octanol–water partition coefficient (Wildman–Crippen LogP) is 2.12. The van der Waals surface area contributed by atoms with Gasteiger partial charge in [-0.15, -0.1) is 0 Å². The van der Waals surface area contributed by atoms with Crippen molar-refractivity contribution in [1.29, 1.82) is 0 Å². The number of amides is 2. The minimum absolute atomic E-state index is 0.0655. The molecule has 1 unspecified atom stereocenters. The fourth-order valence-corrected chi connectivity index (χ4v) is 1.70. The largest absolute Gasteiger partial charge is 0.480 e. The van der Waals surface area contributed by atoms with Gasteiger partial charge in [0.15, 0.2) is 0 Å². The maximum absolute atomic E-state index is 11.9. The van der Waals surface area contributed by atoms with Crippen LogP contribution in [-0.2, 0) is 9.59 Å². The van der Waals surface area contributed by atoms with Crippen molar-refractivity contribution in [2.75, 3.05) is 11.9 Å². The van der Waals surface area contributed by atoms with Crippen LogP contribution in [0.4, 0.5) is 5.69 Å². The van der Waals surface area contributed by atoms with Crippen molar-refractivity contribution >= 4 is 23.5 Å². The van der Waals surface area contributed by atoms with Gasteiger partial charge in [0, 0.05) is 17.7 Å². The summed E-state index contributed by atoms with van der Waals surface area (Å²) in [4.78, 5) is 33.9. The highest BCUT2D eigenvalue weighted by molar-refractivity contribution is 5.97. The Bertz CT molecular complexity index is 538. The van der Waals surface area contributed by atoms with Crippen LogP contribution < -0.4 is 10.6 Å². The van der Waals surface area contributed by atoms with E-state index in [0.717, 1.165) is 0 Å². The van der Waals surface area contributed by atoms with Crippen LogP contribution in [0.2, 0.25) is 0 Å². The summed E-state index contributed by atoms with van der Waals surface area (Å²) in [5.74, 6) is -0.901. The SMILES string of the molecule is CC(C)C(C)CC(=O)Nc1ccc(C(=O)NCC(=O)O)cc1. The van der Waals surface area contributed by atoms with E-state index in [4.69, 9.17) is 5.11 Å². The summed E-state index contributed by atoms with van der Waals surface area (Å²) in [6.07, 6.45) is 0.443. The van der Waals surface area contributed by atoms with Crippen LogP contribution in [0.3, 0.4) is 0 Å². The van der Waals surface area contributed by atoms with Crippen LogP contribution in [-0.4, -0.2) is 29.4 Å². The lowest BCUT2D eigenvalue weighted by atomic mass is 9.94. The molecule has 120 valence electrons. The number of benzene rings is 1. The summed E-state index contributed by atoms with van der Waals surface area (Å²) in [5, 5.41) is 13.6. The monoisotopic (exact) mass is 306 g/mol. The summed E-state index contributed by atoms with van der Waals surface area (Å²) in [6.45, 7) is 5.75. The number of carbonyl (C=O) groups excluding carboxylic acids is 2. The maximum atomic E-state index is 11.9. The van der Waals surface area contributed by atoms with Crippen LogP contribution in [0.15, 0.2) is 24.3 Å². The second-order valence-electron chi connectivity index (χ2n) is 5.63. The highest BCUT2D eigenvalue weighted by Gasteiger charge is 2.13. The highest BCUT2D eigenvalue weighted by Crippen LogP contribution is 2.16. The van der Waals surface area contributed by atoms with E-state index in [-0.39, 0.29) is 5.91 Å². The molecule has 0 heterocycles. The van der Waals surface area contributed by atoms with Crippen molar-refractivity contribution in [3.05, 3.63) is 29.8 Å². The van der Waals surface area contributed by atoms with Gasteiger partial charge in [-0.25, -0.2) is 0 Å². The Morgan fingerprint density at radius 1 is 1.09 bits per heavy atom. The summed E-state index contributed by atoms with van der Waals surface area (Å²) >= 11 is 0. The van der Waals surface area contributed by atoms with E-state index in [2.05, 4.69) is 24.5 Å². The molecule has 1 aromatic carbocycles. The third-order valence-electron chi connectivity index (χ3n) is 3.48. The molecule has 1 atom stereocenters. The van der Waals surface area contributed by atoms with Crippen molar-refractivity contribution in [1.82, 2.24) is 5.32 Å². The Labute approximate surface area is 129 Å². The van der Waals surface area contributed by atoms with Gasteiger partial charge in [0.2, 0.25) is 5.91 Å². The van der Waals surface area contributed by atoms with E-state index in [1.807, 2.05) is 6.92 Å². The summed E-state index contributed by atoms with van der Waals surface area (Å²) in [7, 11) is 0. The lowest BCUT2D eigenvalue weighted by Crippen LogP contribution is -2.29. The summed E-state index contributed by atoms with van der Waals surface area (Å²) in [6, 6.07) is 6.32. The lowest BCUT2D eigenvalue weighted by Gasteiger charge is -2.15. The fourth-order valence-electron chi connectivity index (χ4n) is 1.70. The topological polar surface area (TPSA) is 95.5 Å². The molecule has 0 aliphatic carbocycles. The zero-order chi connectivity index (χ0) is 16.7. The number of carboxylic acids is 1. The molecule has 0 aliphatic heterocycles. The smallest absolute Gasteiger partial charge is 0.322 e. The third-order valence-corrected chi connectivity index (χ3v) is 3.48. The fraction of sp³-hybridized carbons (Fsp3) is 0.438. The van der Waals surface area contributed by atoms with E-state index < -0.39 is 18.4 Å². The van der Waals surface area contributed by atoms with E-state index in [0.29, 0.717) is 29.5 Å². The first kappa shape index (κ1) is 17.7. The predicted molar refractivity (Wildman–Crippen MR) is 83.7 cm³/mol. The molecule has 22 heavy (non-hydrogen) atoms. The van der Waals surface area contributed by atoms with Gasteiger partial charge < -0.3 is 15.7 Å².